The summed E-state index contributed by atoms with van der Waals surface area (Å²) in [6.07, 6.45) is 5.65. The van der Waals surface area contributed by atoms with E-state index in [1.807, 2.05) is 30.3 Å². The molecule has 2 heterocycles. The average Bonchev–Trinajstić information content (AvgIpc) is 3.11. The molecule has 0 unspecified atom stereocenters. The predicted molar refractivity (Wildman–Crippen MR) is 100 cm³/mol. The van der Waals surface area contributed by atoms with Gasteiger partial charge in [-0.3, -0.25) is 4.79 Å². The molecule has 1 aromatic carbocycles. The van der Waals surface area contributed by atoms with Crippen molar-refractivity contribution in [1.29, 1.82) is 0 Å². The summed E-state index contributed by atoms with van der Waals surface area (Å²) >= 11 is 0. The molecule has 140 valence electrons. The molecule has 1 fully saturated rings. The molecular formula is C20H22N4O3. The van der Waals surface area contributed by atoms with Gasteiger partial charge >= 0.3 is 0 Å². The lowest BCUT2D eigenvalue weighted by atomic mass is 9.95. The Morgan fingerprint density at radius 2 is 1.96 bits per heavy atom. The first-order valence-corrected chi connectivity index (χ1v) is 9.32. The Bertz CT molecular complexity index is 933. The minimum atomic E-state index is -0.135. The monoisotopic (exact) mass is 366 g/mol. The van der Waals surface area contributed by atoms with Crippen LogP contribution in [-0.4, -0.2) is 33.7 Å². The number of carbonyl (C=O) groups is 1. The van der Waals surface area contributed by atoms with Crippen molar-refractivity contribution in [3.8, 4) is 17.1 Å². The highest BCUT2D eigenvalue weighted by atomic mass is 16.5. The number of rotatable bonds is 5. The second-order valence-electron chi connectivity index (χ2n) is 6.84. The fourth-order valence-corrected chi connectivity index (χ4v) is 3.47. The smallest absolute Gasteiger partial charge is 0.265 e. The van der Waals surface area contributed by atoms with E-state index >= 15 is 0 Å². The van der Waals surface area contributed by atoms with E-state index in [-0.39, 0.29) is 18.6 Å². The topological polar surface area (TPSA) is 90.1 Å². The van der Waals surface area contributed by atoms with Crippen molar-refractivity contribution in [2.24, 2.45) is 0 Å². The van der Waals surface area contributed by atoms with E-state index in [1.165, 1.54) is 19.3 Å². The van der Waals surface area contributed by atoms with E-state index in [4.69, 9.17) is 9.26 Å². The minimum absolute atomic E-state index is 0.0958. The highest BCUT2D eigenvalue weighted by Gasteiger charge is 2.21. The zero-order chi connectivity index (χ0) is 18.6. The van der Waals surface area contributed by atoms with Gasteiger partial charge in [0.1, 0.15) is 16.9 Å². The van der Waals surface area contributed by atoms with Crippen LogP contribution >= 0.6 is 0 Å². The summed E-state index contributed by atoms with van der Waals surface area (Å²) in [5.41, 5.74) is 1.83. The van der Waals surface area contributed by atoms with Crippen molar-refractivity contribution < 1.29 is 14.1 Å². The second-order valence-corrected chi connectivity index (χ2v) is 6.84. The van der Waals surface area contributed by atoms with Crippen LogP contribution in [0, 0.1) is 6.92 Å². The summed E-state index contributed by atoms with van der Waals surface area (Å²) in [4.78, 5) is 20.9. The Balaban J connectivity index is 1.55. The van der Waals surface area contributed by atoms with E-state index in [9.17, 15) is 4.79 Å². The largest absolute Gasteiger partial charge is 0.467 e. The maximum Gasteiger partial charge on any atom is 0.265 e. The van der Waals surface area contributed by atoms with Gasteiger partial charge in [-0.2, -0.15) is 9.97 Å². The van der Waals surface area contributed by atoms with Gasteiger partial charge in [-0.15, -0.1) is 0 Å². The van der Waals surface area contributed by atoms with Crippen molar-refractivity contribution in [1.82, 2.24) is 20.4 Å². The van der Waals surface area contributed by atoms with Gasteiger partial charge in [0.05, 0.1) is 0 Å². The van der Waals surface area contributed by atoms with Crippen molar-refractivity contribution in [3.63, 3.8) is 0 Å². The van der Waals surface area contributed by atoms with Crippen LogP contribution in [0.3, 0.4) is 0 Å². The molecule has 0 bridgehead atoms. The molecule has 4 rings (SSSR count). The van der Waals surface area contributed by atoms with Crippen LogP contribution < -0.4 is 10.1 Å². The maximum atomic E-state index is 12.3. The normalized spacial score (nSPS) is 15.0. The third-order valence-electron chi connectivity index (χ3n) is 4.77. The third kappa shape index (κ3) is 3.92. The van der Waals surface area contributed by atoms with Crippen LogP contribution in [0.25, 0.3) is 22.4 Å². The molecule has 3 aromatic rings. The molecule has 0 aliphatic heterocycles. The number of aromatic nitrogens is 3. The molecule has 1 aliphatic rings. The van der Waals surface area contributed by atoms with Gasteiger partial charge in [0.25, 0.3) is 11.6 Å². The molecule has 1 amide bonds. The number of nitrogens with zero attached hydrogens (tertiary/aromatic N) is 3. The number of amides is 1. The quantitative estimate of drug-likeness (QED) is 0.744. The number of fused-ring (bicyclic) bond motifs is 1. The van der Waals surface area contributed by atoms with Crippen LogP contribution in [0.1, 0.15) is 37.9 Å². The summed E-state index contributed by atoms with van der Waals surface area (Å²) in [7, 11) is 0. The summed E-state index contributed by atoms with van der Waals surface area (Å²) in [6, 6.07) is 9.87. The second kappa shape index (κ2) is 7.73. The number of nitrogens with one attached hydrogen (secondary N) is 1. The van der Waals surface area contributed by atoms with Crippen LogP contribution in [0.4, 0.5) is 0 Å². The Morgan fingerprint density at radius 1 is 1.19 bits per heavy atom. The van der Waals surface area contributed by atoms with Gasteiger partial charge in [0.15, 0.2) is 6.61 Å². The zero-order valence-electron chi connectivity index (χ0n) is 15.3. The van der Waals surface area contributed by atoms with Gasteiger partial charge in [-0.1, -0.05) is 54.8 Å². The first-order valence-electron chi connectivity index (χ1n) is 9.32. The standard InChI is InChI=1S/C20H22N4O3/c1-13-21-19(26-12-16(25)23-15-10-6-3-7-11-15)17-18(24-27-20(17)22-13)14-8-4-2-5-9-14/h2,4-5,8-9,15H,3,6-7,10-12H2,1H3,(H,23,25). The first-order chi connectivity index (χ1) is 13.2. The average molecular weight is 366 g/mol. The van der Waals surface area contributed by atoms with Gasteiger partial charge in [0.2, 0.25) is 5.88 Å². The first kappa shape index (κ1) is 17.5. The fraction of sp³-hybridized carbons (Fsp3) is 0.400. The molecule has 1 N–H and O–H groups in total. The number of benzene rings is 1. The van der Waals surface area contributed by atoms with Crippen LogP contribution in [0.15, 0.2) is 34.9 Å². The van der Waals surface area contributed by atoms with E-state index in [0.29, 0.717) is 28.5 Å². The van der Waals surface area contributed by atoms with E-state index in [1.54, 1.807) is 6.92 Å². The molecule has 0 spiro atoms. The molecule has 7 heteroatoms. The molecule has 0 radical (unpaired) electrons. The summed E-state index contributed by atoms with van der Waals surface area (Å²) < 4.78 is 11.1. The number of ether oxygens (including phenoxy) is 1. The van der Waals surface area contributed by atoms with Crippen molar-refractivity contribution >= 4 is 17.0 Å². The molecule has 0 saturated heterocycles. The van der Waals surface area contributed by atoms with Crippen LogP contribution in [0.2, 0.25) is 0 Å². The summed E-state index contributed by atoms with van der Waals surface area (Å²) in [5, 5.41) is 7.76. The Morgan fingerprint density at radius 3 is 2.74 bits per heavy atom. The molecule has 1 aliphatic carbocycles. The van der Waals surface area contributed by atoms with Gasteiger partial charge in [-0.25, -0.2) is 0 Å². The Kier molecular flexibility index (Phi) is 5.00. The van der Waals surface area contributed by atoms with Crippen molar-refractivity contribution in [2.45, 2.75) is 45.1 Å². The lowest BCUT2D eigenvalue weighted by molar-refractivity contribution is -0.124. The number of hydrogen-bond acceptors (Lipinski definition) is 6. The third-order valence-corrected chi connectivity index (χ3v) is 4.77. The van der Waals surface area contributed by atoms with Crippen molar-refractivity contribution in [2.75, 3.05) is 6.61 Å². The molecule has 1 saturated carbocycles. The Hall–Kier alpha value is -2.96. The summed E-state index contributed by atoms with van der Waals surface area (Å²) in [5.74, 6) is 0.682. The SMILES string of the molecule is Cc1nc(OCC(=O)NC2CCCCC2)c2c(-c3ccccc3)noc2n1. The zero-order valence-corrected chi connectivity index (χ0v) is 15.3. The van der Waals surface area contributed by atoms with E-state index in [0.717, 1.165) is 18.4 Å². The Labute approximate surface area is 157 Å². The molecule has 2 aromatic heterocycles. The molecule has 0 atom stereocenters. The highest BCUT2D eigenvalue weighted by molar-refractivity contribution is 5.93. The number of carbonyl (C=O) groups excluding carboxylic acids is 1. The van der Waals surface area contributed by atoms with Crippen LogP contribution in [-0.2, 0) is 4.79 Å². The summed E-state index contributed by atoms with van der Waals surface area (Å²) in [6.45, 7) is 1.65. The fourth-order valence-electron chi connectivity index (χ4n) is 3.47. The lowest BCUT2D eigenvalue weighted by Gasteiger charge is -2.22. The van der Waals surface area contributed by atoms with E-state index < -0.39 is 0 Å². The highest BCUT2D eigenvalue weighted by Crippen LogP contribution is 2.32. The van der Waals surface area contributed by atoms with Gasteiger partial charge in [0, 0.05) is 11.6 Å². The molecule has 7 nitrogen and oxygen atoms in total. The van der Waals surface area contributed by atoms with Crippen molar-refractivity contribution in [3.05, 3.63) is 36.2 Å². The minimum Gasteiger partial charge on any atom is -0.467 e. The predicted octanol–water partition coefficient (Wildman–Crippen LogP) is 3.42. The number of hydrogen-bond donors (Lipinski definition) is 1. The lowest BCUT2D eigenvalue weighted by Crippen LogP contribution is -2.39. The molecular weight excluding hydrogens is 344 g/mol. The van der Waals surface area contributed by atoms with Gasteiger partial charge in [-0.05, 0) is 19.8 Å². The van der Waals surface area contributed by atoms with Gasteiger partial charge < -0.3 is 14.6 Å². The maximum absolute atomic E-state index is 12.3. The number of aryl methyl sites for hydroxylation is 1. The van der Waals surface area contributed by atoms with Crippen LogP contribution in [0.5, 0.6) is 5.88 Å². The van der Waals surface area contributed by atoms with E-state index in [2.05, 4.69) is 20.4 Å². The molecule has 27 heavy (non-hydrogen) atoms.